The molecule has 4 aromatic rings. The summed E-state index contributed by atoms with van der Waals surface area (Å²) < 4.78 is 15.5. The predicted molar refractivity (Wildman–Crippen MR) is 99.7 cm³/mol. The number of hydrogen-bond donors (Lipinski definition) is 0. The Morgan fingerprint density at radius 1 is 1.12 bits per heavy atom. The van der Waals surface area contributed by atoms with E-state index in [9.17, 15) is 14.5 Å². The van der Waals surface area contributed by atoms with Crippen LogP contribution in [0.3, 0.4) is 0 Å². The average Bonchev–Trinajstić information content (AvgIpc) is 3.03. The third-order valence-electron chi connectivity index (χ3n) is 3.88. The van der Waals surface area contributed by atoms with Crippen LogP contribution in [0.5, 0.6) is 0 Å². The van der Waals surface area contributed by atoms with E-state index in [2.05, 4.69) is 4.98 Å². The lowest BCUT2D eigenvalue weighted by Gasteiger charge is -2.06. The number of thioether (sulfide) groups is 1. The minimum Gasteiger partial charge on any atom is -0.258 e. The van der Waals surface area contributed by atoms with Gasteiger partial charge >= 0.3 is 0 Å². The van der Waals surface area contributed by atoms with Crippen molar-refractivity contribution in [1.82, 2.24) is 4.98 Å². The molecule has 25 heavy (non-hydrogen) atoms. The van der Waals surface area contributed by atoms with E-state index in [0.29, 0.717) is 11.1 Å². The Morgan fingerprint density at radius 3 is 2.72 bits per heavy atom. The van der Waals surface area contributed by atoms with E-state index >= 15 is 0 Å². The third kappa shape index (κ3) is 3.08. The largest absolute Gasteiger partial charge is 0.270 e. The summed E-state index contributed by atoms with van der Waals surface area (Å²) in [6, 6.07) is 15.4. The molecule has 7 heteroatoms. The first-order valence-corrected chi connectivity index (χ1v) is 9.26. The molecule has 0 atom stereocenters. The molecule has 0 aliphatic heterocycles. The Hall–Kier alpha value is -2.51. The molecule has 124 valence electrons. The maximum atomic E-state index is 13.9. The molecule has 0 fully saturated rings. The molecule has 0 aliphatic rings. The molecular weight excluding hydrogens is 359 g/mol. The second-order valence-corrected chi connectivity index (χ2v) is 7.68. The van der Waals surface area contributed by atoms with E-state index in [-0.39, 0.29) is 11.5 Å². The van der Waals surface area contributed by atoms with E-state index in [1.54, 1.807) is 36.0 Å². The molecule has 0 spiro atoms. The fourth-order valence-corrected chi connectivity index (χ4v) is 4.76. The normalized spacial score (nSPS) is 11.2. The molecule has 1 aromatic heterocycles. The van der Waals surface area contributed by atoms with Crippen molar-refractivity contribution in [2.24, 2.45) is 0 Å². The van der Waals surface area contributed by atoms with E-state index in [1.165, 1.54) is 23.5 Å². The number of hydrogen-bond acceptors (Lipinski definition) is 5. The van der Waals surface area contributed by atoms with Gasteiger partial charge in [0.25, 0.3) is 5.69 Å². The number of benzene rings is 3. The highest BCUT2D eigenvalue weighted by molar-refractivity contribution is 8.00. The topological polar surface area (TPSA) is 56.0 Å². The average molecular weight is 370 g/mol. The Labute approximate surface area is 150 Å². The standard InChI is InChI=1S/C18H11FN2O2S2/c19-15-7-5-11(13-3-1-2-4-14(13)15)10-24-18-20-16-8-6-12(21(22)23)9-17(16)25-18/h1-9H,10H2. The zero-order valence-electron chi connectivity index (χ0n) is 12.8. The van der Waals surface area contributed by atoms with Gasteiger partial charge in [0.2, 0.25) is 0 Å². The Bertz CT molecular complexity index is 1110. The molecule has 0 saturated heterocycles. The van der Waals surface area contributed by atoms with Crippen molar-refractivity contribution in [2.45, 2.75) is 10.1 Å². The first-order valence-electron chi connectivity index (χ1n) is 7.46. The van der Waals surface area contributed by atoms with E-state index in [4.69, 9.17) is 0 Å². The lowest BCUT2D eigenvalue weighted by Crippen LogP contribution is -1.87. The third-order valence-corrected chi connectivity index (χ3v) is 6.09. The van der Waals surface area contributed by atoms with Gasteiger partial charge in [-0.05, 0) is 23.1 Å². The summed E-state index contributed by atoms with van der Waals surface area (Å²) in [5.74, 6) is 0.430. The van der Waals surface area contributed by atoms with E-state index in [1.807, 2.05) is 18.2 Å². The maximum Gasteiger partial charge on any atom is 0.270 e. The van der Waals surface area contributed by atoms with Crippen LogP contribution >= 0.6 is 23.1 Å². The predicted octanol–water partition coefficient (Wildman–Crippen LogP) is 5.79. The molecule has 0 bridgehead atoms. The van der Waals surface area contributed by atoms with Gasteiger partial charge in [-0.15, -0.1) is 11.3 Å². The van der Waals surface area contributed by atoms with Gasteiger partial charge in [-0.2, -0.15) is 0 Å². The number of fused-ring (bicyclic) bond motifs is 2. The number of nitro groups is 1. The lowest BCUT2D eigenvalue weighted by molar-refractivity contribution is -0.384. The zero-order chi connectivity index (χ0) is 17.4. The van der Waals surface area contributed by atoms with Crippen molar-refractivity contribution in [3.8, 4) is 0 Å². The Balaban J connectivity index is 1.62. The molecule has 0 unspecified atom stereocenters. The van der Waals surface area contributed by atoms with Gasteiger partial charge in [0, 0.05) is 23.3 Å². The number of nitrogens with zero attached hydrogens (tertiary/aromatic N) is 2. The fraction of sp³-hybridized carbons (Fsp3) is 0.0556. The van der Waals surface area contributed by atoms with Crippen LogP contribution in [0, 0.1) is 15.9 Å². The molecule has 1 heterocycles. The van der Waals surface area contributed by atoms with Crippen molar-refractivity contribution in [3.63, 3.8) is 0 Å². The second kappa shape index (κ2) is 6.42. The van der Waals surface area contributed by atoms with Crippen LogP contribution in [0.15, 0.2) is 58.9 Å². The van der Waals surface area contributed by atoms with Crippen LogP contribution in [-0.4, -0.2) is 9.91 Å². The van der Waals surface area contributed by atoms with Crippen molar-refractivity contribution >= 4 is 49.8 Å². The molecule has 0 saturated carbocycles. The summed E-state index contributed by atoms with van der Waals surface area (Å²) in [5.41, 5.74) is 1.85. The fourth-order valence-electron chi connectivity index (χ4n) is 2.66. The van der Waals surface area contributed by atoms with Gasteiger partial charge in [0.05, 0.1) is 15.1 Å². The van der Waals surface area contributed by atoms with E-state index in [0.717, 1.165) is 25.5 Å². The molecule has 4 nitrogen and oxygen atoms in total. The highest BCUT2D eigenvalue weighted by atomic mass is 32.2. The van der Waals surface area contributed by atoms with Gasteiger partial charge in [-0.1, -0.05) is 42.1 Å². The number of non-ortho nitro benzene ring substituents is 1. The maximum absolute atomic E-state index is 13.9. The summed E-state index contributed by atoms with van der Waals surface area (Å²) in [6.07, 6.45) is 0. The summed E-state index contributed by atoms with van der Waals surface area (Å²) >= 11 is 2.98. The van der Waals surface area contributed by atoms with Crippen molar-refractivity contribution in [3.05, 3.63) is 76.1 Å². The first kappa shape index (κ1) is 16.0. The SMILES string of the molecule is O=[N+]([O-])c1ccc2nc(SCc3ccc(F)c4ccccc34)sc2c1. The summed E-state index contributed by atoms with van der Waals surface area (Å²) in [5, 5.41) is 12.4. The summed E-state index contributed by atoms with van der Waals surface area (Å²) in [7, 11) is 0. The van der Waals surface area contributed by atoms with Gasteiger partial charge in [0.1, 0.15) is 5.82 Å². The van der Waals surface area contributed by atoms with Gasteiger partial charge in [-0.3, -0.25) is 10.1 Å². The first-order chi connectivity index (χ1) is 12.1. The van der Waals surface area contributed by atoms with Crippen LogP contribution in [0.4, 0.5) is 10.1 Å². The number of halogens is 1. The summed E-state index contributed by atoms with van der Waals surface area (Å²) in [4.78, 5) is 15.0. The lowest BCUT2D eigenvalue weighted by atomic mass is 10.1. The smallest absolute Gasteiger partial charge is 0.258 e. The number of thiazole rings is 1. The monoisotopic (exact) mass is 370 g/mol. The Morgan fingerprint density at radius 2 is 1.92 bits per heavy atom. The van der Waals surface area contributed by atoms with Crippen molar-refractivity contribution in [1.29, 1.82) is 0 Å². The highest BCUT2D eigenvalue weighted by Crippen LogP contribution is 2.34. The number of rotatable bonds is 4. The molecule has 0 amide bonds. The minimum absolute atomic E-state index is 0.0669. The molecule has 4 rings (SSSR count). The summed E-state index contributed by atoms with van der Waals surface area (Å²) in [6.45, 7) is 0. The molecule has 0 N–H and O–H groups in total. The van der Waals surface area contributed by atoms with E-state index < -0.39 is 4.92 Å². The molecule has 0 radical (unpaired) electrons. The van der Waals surface area contributed by atoms with Crippen LogP contribution in [0.2, 0.25) is 0 Å². The highest BCUT2D eigenvalue weighted by Gasteiger charge is 2.12. The molecular formula is C18H11FN2O2S2. The van der Waals surface area contributed by atoms with Crippen LogP contribution in [0.25, 0.3) is 21.0 Å². The second-order valence-electron chi connectivity index (χ2n) is 5.43. The van der Waals surface area contributed by atoms with Crippen LogP contribution in [-0.2, 0) is 5.75 Å². The molecule has 0 aliphatic carbocycles. The van der Waals surface area contributed by atoms with Crippen molar-refractivity contribution < 1.29 is 9.31 Å². The molecule has 3 aromatic carbocycles. The van der Waals surface area contributed by atoms with Crippen LogP contribution in [0.1, 0.15) is 5.56 Å². The quantitative estimate of drug-likeness (QED) is 0.259. The number of nitro benzene ring substituents is 1. The van der Waals surface area contributed by atoms with Gasteiger partial charge < -0.3 is 0 Å². The van der Waals surface area contributed by atoms with Crippen molar-refractivity contribution in [2.75, 3.05) is 0 Å². The minimum atomic E-state index is -0.406. The Kier molecular flexibility index (Phi) is 4.10. The van der Waals surface area contributed by atoms with Gasteiger partial charge in [-0.25, -0.2) is 9.37 Å². The van der Waals surface area contributed by atoms with Crippen LogP contribution < -0.4 is 0 Å². The number of aromatic nitrogens is 1. The zero-order valence-corrected chi connectivity index (χ0v) is 14.4. The van der Waals surface area contributed by atoms with Gasteiger partial charge in [0.15, 0.2) is 4.34 Å².